The van der Waals surface area contributed by atoms with E-state index in [9.17, 15) is 4.79 Å². The zero-order chi connectivity index (χ0) is 18.2. The third-order valence-electron chi connectivity index (χ3n) is 4.52. The minimum absolute atomic E-state index is 0.0435. The number of nitrogens with one attached hydrogen (secondary N) is 1. The fraction of sp³-hybridized carbons (Fsp3) is 0.381. The molecule has 0 aliphatic carbocycles. The van der Waals surface area contributed by atoms with E-state index in [0.717, 1.165) is 17.0 Å². The van der Waals surface area contributed by atoms with Crippen molar-refractivity contribution in [1.82, 2.24) is 4.90 Å². The summed E-state index contributed by atoms with van der Waals surface area (Å²) >= 11 is 0. The largest absolute Gasteiger partial charge is 0.491 e. The molecule has 1 N–H and O–H groups in total. The average Bonchev–Trinajstić information content (AvgIpc) is 2.54. The predicted molar refractivity (Wildman–Crippen MR) is 101 cm³/mol. The molecule has 1 aliphatic heterocycles. The van der Waals surface area contributed by atoms with Crippen molar-refractivity contribution in [2.45, 2.75) is 52.4 Å². The van der Waals surface area contributed by atoms with Crippen molar-refractivity contribution in [3.63, 3.8) is 0 Å². The number of ether oxygens (including phenoxy) is 1. The van der Waals surface area contributed by atoms with Crippen LogP contribution in [0.1, 0.15) is 50.5 Å². The van der Waals surface area contributed by atoms with Gasteiger partial charge in [0.2, 0.25) is 0 Å². The van der Waals surface area contributed by atoms with Crippen molar-refractivity contribution < 1.29 is 9.53 Å². The van der Waals surface area contributed by atoms with Crippen molar-refractivity contribution in [2.24, 2.45) is 0 Å². The minimum atomic E-state index is -0.643. The number of hydrogen-bond donors (Lipinski definition) is 1. The fourth-order valence-electron chi connectivity index (χ4n) is 3.54. The van der Waals surface area contributed by atoms with Gasteiger partial charge in [-0.05, 0) is 58.9 Å². The molecule has 1 unspecified atom stereocenters. The summed E-state index contributed by atoms with van der Waals surface area (Å²) in [6.45, 7) is 10.1. The number of hydrogen-bond acceptors (Lipinski definition) is 3. The minimum Gasteiger partial charge on any atom is -0.491 e. The molecule has 1 heterocycles. The van der Waals surface area contributed by atoms with E-state index >= 15 is 0 Å². The Morgan fingerprint density at radius 1 is 1.04 bits per heavy atom. The van der Waals surface area contributed by atoms with Gasteiger partial charge in [0, 0.05) is 17.3 Å². The third kappa shape index (κ3) is 3.09. The lowest BCUT2D eigenvalue weighted by molar-refractivity contribution is 0.0432. The van der Waals surface area contributed by atoms with Gasteiger partial charge in [-0.15, -0.1) is 0 Å². The zero-order valence-corrected chi connectivity index (χ0v) is 15.5. The first kappa shape index (κ1) is 17.3. The molecule has 1 atom stereocenters. The Morgan fingerprint density at radius 2 is 1.76 bits per heavy atom. The van der Waals surface area contributed by atoms with E-state index in [0.29, 0.717) is 5.56 Å². The number of benzene rings is 2. The number of amides is 1. The maximum atomic E-state index is 13.2. The van der Waals surface area contributed by atoms with E-state index in [-0.39, 0.29) is 18.1 Å². The van der Waals surface area contributed by atoms with Crippen LogP contribution >= 0.6 is 0 Å². The highest BCUT2D eigenvalue weighted by atomic mass is 16.5. The summed E-state index contributed by atoms with van der Waals surface area (Å²) in [7, 11) is 0. The van der Waals surface area contributed by atoms with Crippen molar-refractivity contribution in [1.29, 1.82) is 0 Å². The van der Waals surface area contributed by atoms with Gasteiger partial charge in [-0.25, -0.2) is 0 Å². The maximum Gasteiger partial charge on any atom is 0.258 e. The van der Waals surface area contributed by atoms with Crippen molar-refractivity contribution in [3.8, 4) is 5.75 Å². The molecule has 2 aromatic carbocycles. The van der Waals surface area contributed by atoms with Gasteiger partial charge in [-0.3, -0.25) is 4.79 Å². The molecule has 2 aromatic rings. The van der Waals surface area contributed by atoms with E-state index < -0.39 is 5.66 Å². The summed E-state index contributed by atoms with van der Waals surface area (Å²) in [5, 5.41) is 3.58. The van der Waals surface area contributed by atoms with Crippen LogP contribution in [0.4, 0.5) is 5.69 Å². The molecule has 25 heavy (non-hydrogen) atoms. The van der Waals surface area contributed by atoms with Crippen LogP contribution in [-0.4, -0.2) is 23.0 Å². The number of carbonyl (C=O) groups excluding carboxylic acids is 1. The van der Waals surface area contributed by atoms with Crippen LogP contribution in [0.25, 0.3) is 0 Å². The number of anilines is 1. The molecule has 0 aromatic heterocycles. The molecular formula is C21H26N2O2. The van der Waals surface area contributed by atoms with Gasteiger partial charge in [-0.1, -0.05) is 24.3 Å². The Labute approximate surface area is 149 Å². The summed E-state index contributed by atoms with van der Waals surface area (Å²) in [6, 6.07) is 15.7. The summed E-state index contributed by atoms with van der Waals surface area (Å²) in [6.07, 6.45) is 0.103. The molecular weight excluding hydrogens is 312 g/mol. The molecule has 1 aliphatic rings. The summed E-state index contributed by atoms with van der Waals surface area (Å²) in [5.41, 5.74) is 1.93. The Kier molecular flexibility index (Phi) is 4.46. The normalized spacial score (nSPS) is 19.8. The second-order valence-electron chi connectivity index (χ2n) is 7.21. The summed E-state index contributed by atoms with van der Waals surface area (Å²) in [5.74, 6) is 0.854. The van der Waals surface area contributed by atoms with E-state index in [1.54, 1.807) is 0 Å². The smallest absolute Gasteiger partial charge is 0.258 e. The number of nitrogens with zero attached hydrogens (tertiary/aromatic N) is 1. The molecule has 0 fully saturated rings. The molecule has 1 amide bonds. The SMILES string of the molecule is CC(C)Oc1cccc(C2(C)Nc3ccccc3C(=O)N2C(C)C)c1. The molecule has 4 nitrogen and oxygen atoms in total. The number of para-hydroxylation sites is 1. The topological polar surface area (TPSA) is 41.6 Å². The van der Waals surface area contributed by atoms with Gasteiger partial charge >= 0.3 is 0 Å². The number of rotatable bonds is 4. The molecule has 0 saturated heterocycles. The predicted octanol–water partition coefficient (Wildman–Crippen LogP) is 4.62. The van der Waals surface area contributed by atoms with Crippen LogP contribution in [0.15, 0.2) is 48.5 Å². The fourth-order valence-corrected chi connectivity index (χ4v) is 3.54. The Balaban J connectivity index is 2.10. The second-order valence-corrected chi connectivity index (χ2v) is 7.21. The van der Waals surface area contributed by atoms with Crippen LogP contribution in [0.3, 0.4) is 0 Å². The highest BCUT2D eigenvalue weighted by Crippen LogP contribution is 2.39. The molecule has 4 heteroatoms. The summed E-state index contributed by atoms with van der Waals surface area (Å²) in [4.78, 5) is 15.1. The molecule has 0 spiro atoms. The Bertz CT molecular complexity index is 785. The molecule has 0 saturated carbocycles. The number of carbonyl (C=O) groups is 1. The first-order chi connectivity index (χ1) is 11.8. The molecule has 0 radical (unpaired) electrons. The van der Waals surface area contributed by atoms with Crippen LogP contribution < -0.4 is 10.1 Å². The Hall–Kier alpha value is -2.49. The third-order valence-corrected chi connectivity index (χ3v) is 4.52. The maximum absolute atomic E-state index is 13.2. The van der Waals surface area contributed by atoms with Crippen LogP contribution in [0, 0.1) is 0 Å². The lowest BCUT2D eigenvalue weighted by Gasteiger charge is -2.48. The van der Waals surface area contributed by atoms with Crippen molar-refractivity contribution >= 4 is 11.6 Å². The lowest BCUT2D eigenvalue weighted by atomic mass is 9.92. The monoisotopic (exact) mass is 338 g/mol. The van der Waals surface area contributed by atoms with Gasteiger partial charge in [0.1, 0.15) is 11.4 Å². The van der Waals surface area contributed by atoms with E-state index in [4.69, 9.17) is 4.74 Å². The van der Waals surface area contributed by atoms with Crippen LogP contribution in [0.2, 0.25) is 0 Å². The van der Waals surface area contributed by atoms with Crippen molar-refractivity contribution in [2.75, 3.05) is 5.32 Å². The highest BCUT2D eigenvalue weighted by molar-refractivity contribution is 6.02. The van der Waals surface area contributed by atoms with Crippen molar-refractivity contribution in [3.05, 3.63) is 59.7 Å². The van der Waals surface area contributed by atoms with Gasteiger partial charge < -0.3 is 15.0 Å². The van der Waals surface area contributed by atoms with E-state index in [2.05, 4.69) is 12.2 Å². The summed E-state index contributed by atoms with van der Waals surface area (Å²) < 4.78 is 5.85. The van der Waals surface area contributed by atoms with Gasteiger partial charge in [0.15, 0.2) is 0 Å². The average molecular weight is 338 g/mol. The lowest BCUT2D eigenvalue weighted by Crippen LogP contribution is -2.58. The van der Waals surface area contributed by atoms with Gasteiger partial charge in [-0.2, -0.15) is 0 Å². The first-order valence-electron chi connectivity index (χ1n) is 8.81. The van der Waals surface area contributed by atoms with Gasteiger partial charge in [0.25, 0.3) is 5.91 Å². The number of fused-ring (bicyclic) bond motifs is 1. The zero-order valence-electron chi connectivity index (χ0n) is 15.5. The van der Waals surface area contributed by atoms with Gasteiger partial charge in [0.05, 0.1) is 11.7 Å². The molecule has 132 valence electrons. The van der Waals surface area contributed by atoms with E-state index in [1.807, 2.05) is 81.1 Å². The first-order valence-corrected chi connectivity index (χ1v) is 8.81. The highest BCUT2D eigenvalue weighted by Gasteiger charge is 2.43. The van der Waals surface area contributed by atoms with E-state index in [1.165, 1.54) is 0 Å². The van der Waals surface area contributed by atoms with Crippen LogP contribution in [-0.2, 0) is 5.66 Å². The molecule has 3 rings (SSSR count). The Morgan fingerprint density at radius 3 is 2.44 bits per heavy atom. The quantitative estimate of drug-likeness (QED) is 0.884. The van der Waals surface area contributed by atoms with Crippen LogP contribution in [0.5, 0.6) is 5.75 Å². The standard InChI is InChI=1S/C21H26N2O2/c1-14(2)23-20(24)18-11-6-7-12-19(18)22-21(23,5)16-9-8-10-17(13-16)25-15(3)4/h6-15,22H,1-5H3. The molecule has 0 bridgehead atoms. The second kappa shape index (κ2) is 6.43.